The Morgan fingerprint density at radius 2 is 1.49 bits per heavy atom. The quantitative estimate of drug-likeness (QED) is 0.0237. The average molecular weight is 1050 g/mol. The fourth-order valence-corrected chi connectivity index (χ4v) is 11.3. The van der Waals surface area contributed by atoms with Crippen LogP contribution in [-0.4, -0.2) is 121 Å². The largest absolute Gasteiger partial charge is 0.497 e. The first-order valence-corrected chi connectivity index (χ1v) is 29.2. The highest BCUT2D eigenvalue weighted by atomic mass is 28.4. The van der Waals surface area contributed by atoms with E-state index >= 15 is 0 Å². The van der Waals surface area contributed by atoms with Crippen LogP contribution >= 0.6 is 0 Å². The molecule has 0 aliphatic carbocycles. The first kappa shape index (κ1) is 60.9. The van der Waals surface area contributed by atoms with Crippen molar-refractivity contribution < 1.29 is 66.5 Å². The van der Waals surface area contributed by atoms with Gasteiger partial charge in [0, 0.05) is 51.4 Å². The molecule has 74 heavy (non-hydrogen) atoms. The number of carbonyl (C=O) groups is 2. The van der Waals surface area contributed by atoms with Gasteiger partial charge in [-0.2, -0.15) is 0 Å². The number of hydrogen-bond donors (Lipinski definition) is 1. The third kappa shape index (κ3) is 17.5. The van der Waals surface area contributed by atoms with Crippen molar-refractivity contribution in [3.63, 3.8) is 0 Å². The zero-order valence-corrected chi connectivity index (χ0v) is 47.5. The molecular formula is C59H88O14Si. The minimum atomic E-state index is -2.40. The standard InChI is InChI=1S/C59H88O14Si/c1-40-28-49(70-51(29-40)35-52-31-41(2)30-50(71-52)34-48(25-27-60)67-38-45-20-22-47(63-10)23-21-45)24-26-58(8,9)59(65-12)56(69-43(4)61)46(33-55(62)64-11)32-53(72-59)36-54(73-74(13,14)57(5,6)7)42(3)68-39-66-37-44-18-16-15-17-19-44/h15-24,26,33,42,48-54,56,60H,1-2,25,27-32,34-39H2,3-14H3/b26-24+,46-33+/t42-,48+,49+,50+,51+,52-,53+,54-,56+,59-/m1/s1. The number of carbonyl (C=O) groups excluding carboxylic acids is 2. The van der Waals surface area contributed by atoms with Crippen LogP contribution in [0.3, 0.4) is 0 Å². The number of methoxy groups -OCH3 is 3. The van der Waals surface area contributed by atoms with Gasteiger partial charge in [0.1, 0.15) is 12.5 Å². The van der Waals surface area contributed by atoms with Crippen molar-refractivity contribution in [2.75, 3.05) is 34.7 Å². The van der Waals surface area contributed by atoms with Crippen molar-refractivity contribution in [1.29, 1.82) is 0 Å². The van der Waals surface area contributed by atoms with Gasteiger partial charge in [0.2, 0.25) is 5.79 Å². The van der Waals surface area contributed by atoms with Crippen LogP contribution in [0.25, 0.3) is 0 Å². The van der Waals surface area contributed by atoms with Gasteiger partial charge in [0.05, 0.1) is 76.3 Å². The Morgan fingerprint density at radius 3 is 2.11 bits per heavy atom. The molecule has 1 N–H and O–H groups in total. The molecule has 0 aromatic heterocycles. The van der Waals surface area contributed by atoms with E-state index in [1.807, 2.05) is 87.5 Å². The molecule has 3 fully saturated rings. The van der Waals surface area contributed by atoms with E-state index in [0.717, 1.165) is 40.9 Å². The summed E-state index contributed by atoms with van der Waals surface area (Å²) >= 11 is 0. The van der Waals surface area contributed by atoms with Crippen molar-refractivity contribution >= 4 is 20.3 Å². The zero-order chi connectivity index (χ0) is 54.3. The van der Waals surface area contributed by atoms with Gasteiger partial charge in [-0.3, -0.25) is 4.79 Å². The Bertz CT molecular complexity index is 2170. The predicted octanol–water partition coefficient (Wildman–Crippen LogP) is 11.1. The maximum atomic E-state index is 13.1. The molecule has 3 aliphatic heterocycles. The average Bonchev–Trinajstić information content (AvgIpc) is 3.34. The lowest BCUT2D eigenvalue weighted by molar-refractivity contribution is -0.338. The molecule has 2 aromatic carbocycles. The van der Waals surface area contributed by atoms with Crippen molar-refractivity contribution in [3.8, 4) is 5.75 Å². The topological polar surface area (TPSA) is 156 Å². The molecule has 3 saturated heterocycles. The number of hydrogen-bond acceptors (Lipinski definition) is 14. The van der Waals surface area contributed by atoms with Crippen LogP contribution in [0.2, 0.25) is 18.1 Å². The van der Waals surface area contributed by atoms with E-state index in [-0.39, 0.29) is 55.4 Å². The number of esters is 2. The Morgan fingerprint density at radius 1 is 0.838 bits per heavy atom. The van der Waals surface area contributed by atoms with Crippen LogP contribution in [0.5, 0.6) is 5.75 Å². The van der Waals surface area contributed by atoms with Gasteiger partial charge in [0.15, 0.2) is 14.4 Å². The lowest BCUT2D eigenvalue weighted by Gasteiger charge is -2.53. The molecule has 2 aromatic rings. The summed E-state index contributed by atoms with van der Waals surface area (Å²) in [6.45, 7) is 27.9. The molecule has 3 heterocycles. The van der Waals surface area contributed by atoms with E-state index in [2.05, 4.69) is 47.0 Å². The normalized spacial score (nSPS) is 25.9. The van der Waals surface area contributed by atoms with E-state index in [1.165, 1.54) is 27.2 Å². The summed E-state index contributed by atoms with van der Waals surface area (Å²) in [5.41, 5.74) is 3.70. The highest BCUT2D eigenvalue weighted by Crippen LogP contribution is 2.50. The fourth-order valence-electron chi connectivity index (χ4n) is 9.87. The summed E-state index contributed by atoms with van der Waals surface area (Å²) in [6, 6.07) is 17.7. The van der Waals surface area contributed by atoms with Crippen molar-refractivity contribution in [2.45, 2.75) is 198 Å². The number of ether oxygens (including phenoxy) is 10. The summed E-state index contributed by atoms with van der Waals surface area (Å²) in [7, 11) is 2.09. The number of aliphatic hydroxyl groups is 1. The van der Waals surface area contributed by atoms with E-state index in [0.29, 0.717) is 57.3 Å². The first-order valence-electron chi connectivity index (χ1n) is 26.3. The highest BCUT2D eigenvalue weighted by molar-refractivity contribution is 6.74. The Kier molecular flexibility index (Phi) is 22.9. The molecule has 5 rings (SSSR count). The monoisotopic (exact) mass is 1050 g/mol. The molecule has 15 heteroatoms. The van der Waals surface area contributed by atoms with Gasteiger partial charge in [-0.25, -0.2) is 4.79 Å². The second-order valence-corrected chi connectivity index (χ2v) is 27.1. The molecule has 412 valence electrons. The van der Waals surface area contributed by atoms with Crippen LogP contribution in [-0.2, 0) is 69.9 Å². The lowest BCUT2D eigenvalue weighted by Crippen LogP contribution is -2.63. The summed E-state index contributed by atoms with van der Waals surface area (Å²) in [5, 5.41) is 9.80. The van der Waals surface area contributed by atoms with Crippen molar-refractivity contribution in [1.82, 2.24) is 0 Å². The molecule has 10 atom stereocenters. The zero-order valence-electron chi connectivity index (χ0n) is 46.5. The summed E-state index contributed by atoms with van der Waals surface area (Å²) in [4.78, 5) is 26.2. The predicted molar refractivity (Wildman–Crippen MR) is 288 cm³/mol. The van der Waals surface area contributed by atoms with Crippen LogP contribution in [0.1, 0.15) is 117 Å². The second-order valence-electron chi connectivity index (χ2n) is 22.4. The molecule has 0 radical (unpaired) electrons. The van der Waals surface area contributed by atoms with Gasteiger partial charge in [-0.15, -0.1) is 0 Å². The molecule has 0 unspecified atom stereocenters. The Labute approximate surface area is 443 Å². The van der Waals surface area contributed by atoms with Crippen LogP contribution in [0.4, 0.5) is 0 Å². The van der Waals surface area contributed by atoms with E-state index in [9.17, 15) is 14.7 Å². The molecule has 0 amide bonds. The minimum absolute atomic E-state index is 0.00996. The Hall–Kier alpha value is -4.00. The summed E-state index contributed by atoms with van der Waals surface area (Å²) in [5.74, 6) is -2.03. The Balaban J connectivity index is 1.35. The van der Waals surface area contributed by atoms with E-state index in [1.54, 1.807) is 7.11 Å². The van der Waals surface area contributed by atoms with Gasteiger partial charge in [-0.05, 0) is 92.4 Å². The molecular weight excluding hydrogens is 961 g/mol. The molecule has 0 spiro atoms. The first-order chi connectivity index (χ1) is 35.0. The maximum absolute atomic E-state index is 13.1. The van der Waals surface area contributed by atoms with Crippen molar-refractivity contribution in [2.24, 2.45) is 5.41 Å². The van der Waals surface area contributed by atoms with Gasteiger partial charge < -0.3 is 56.9 Å². The third-order valence-electron chi connectivity index (χ3n) is 14.9. The highest BCUT2D eigenvalue weighted by Gasteiger charge is 2.59. The minimum Gasteiger partial charge on any atom is -0.497 e. The maximum Gasteiger partial charge on any atom is 0.330 e. The van der Waals surface area contributed by atoms with E-state index < -0.39 is 55.9 Å². The number of aliphatic hydroxyl groups excluding tert-OH is 1. The van der Waals surface area contributed by atoms with E-state index in [4.69, 9.17) is 51.8 Å². The smallest absolute Gasteiger partial charge is 0.330 e. The van der Waals surface area contributed by atoms with Gasteiger partial charge in [-0.1, -0.05) is 114 Å². The molecule has 0 saturated carbocycles. The summed E-state index contributed by atoms with van der Waals surface area (Å²) < 4.78 is 69.6. The molecule has 0 bridgehead atoms. The SMILES string of the molecule is C=C1C[C@H](C[C@@H]2CC(=C)C[C@H](/C=C/C(C)(C)[C@]3(OC)O[C@H](C[C@@H](O[Si](C)(C)C(C)(C)C)[C@@H](C)OCOCc4ccccc4)C/C(=C\C(=O)OC)[C@@H]3OC(C)=O)O2)O[C@H](C[C@H](CCO)OCc2ccc(OC)cc2)C1. The van der Waals surface area contributed by atoms with Crippen molar-refractivity contribution in [3.05, 3.63) is 114 Å². The van der Waals surface area contributed by atoms with Gasteiger partial charge >= 0.3 is 11.9 Å². The van der Waals surface area contributed by atoms with Crippen LogP contribution in [0, 0.1) is 5.41 Å². The van der Waals surface area contributed by atoms with Gasteiger partial charge in [0.25, 0.3) is 0 Å². The molecule has 14 nitrogen and oxygen atoms in total. The number of benzene rings is 2. The lowest BCUT2D eigenvalue weighted by atomic mass is 9.73. The third-order valence-corrected chi connectivity index (χ3v) is 19.4. The van der Waals surface area contributed by atoms with Crippen LogP contribution in [0.15, 0.2) is 103 Å². The molecule has 3 aliphatic rings. The number of rotatable bonds is 26. The van der Waals surface area contributed by atoms with Crippen LogP contribution < -0.4 is 4.74 Å². The summed E-state index contributed by atoms with van der Waals surface area (Å²) in [6.07, 6.45) is 6.87. The second kappa shape index (κ2) is 27.9. The fraction of sp³-hybridized carbons (Fsp3) is 0.627.